The molecule has 0 atom stereocenters. The topological polar surface area (TPSA) is 149 Å². The van der Waals surface area contributed by atoms with Crippen LogP contribution in [-0.4, -0.2) is 12.7 Å². The maximum Gasteiger partial charge on any atom is 0.156 e. The lowest BCUT2D eigenvalue weighted by Crippen LogP contribution is -1.85. The van der Waals surface area contributed by atoms with Gasteiger partial charge in [-0.3, -0.25) is 0 Å². The molecule has 0 unspecified atom stereocenters. The standard InChI is InChI=1S/C4H8.2CH4N4/c1-2-4-3-1;2*2-4-1-5-3/h1-4H2;2*1-2H,3H2. The molecule has 1 aliphatic carbocycles. The average molecular weight is 200 g/mol. The van der Waals surface area contributed by atoms with Crippen LogP contribution in [0.5, 0.6) is 0 Å². The van der Waals surface area contributed by atoms with Crippen LogP contribution in [0.15, 0.2) is 20.4 Å². The Bertz CT molecular complexity index is 151. The molecule has 1 fully saturated rings. The van der Waals surface area contributed by atoms with Gasteiger partial charge >= 0.3 is 0 Å². The maximum absolute atomic E-state index is 6.00. The monoisotopic (exact) mass is 200 g/mol. The fraction of sp³-hybridized carbons (Fsp3) is 0.667. The van der Waals surface area contributed by atoms with Gasteiger partial charge in [0.2, 0.25) is 0 Å². The Labute approximate surface area is 82.5 Å². The quantitative estimate of drug-likeness (QED) is 0.175. The highest BCUT2D eigenvalue weighted by atomic mass is 15.2. The van der Waals surface area contributed by atoms with Gasteiger partial charge in [0.05, 0.1) is 0 Å². The third kappa shape index (κ3) is 22.5. The summed E-state index contributed by atoms with van der Waals surface area (Å²) >= 11 is 0. The summed E-state index contributed by atoms with van der Waals surface area (Å²) in [5.74, 6) is 8.99. The van der Waals surface area contributed by atoms with E-state index < -0.39 is 0 Å². The lowest BCUT2D eigenvalue weighted by molar-refractivity contribution is 0.504. The van der Waals surface area contributed by atoms with Gasteiger partial charge in [-0.1, -0.05) is 25.7 Å². The van der Waals surface area contributed by atoms with E-state index in [2.05, 4.69) is 32.1 Å². The van der Waals surface area contributed by atoms with E-state index in [4.69, 9.17) is 11.1 Å². The Morgan fingerprint density at radius 1 is 0.786 bits per heavy atom. The van der Waals surface area contributed by atoms with Gasteiger partial charge in [0, 0.05) is 0 Å². The zero-order valence-corrected chi connectivity index (χ0v) is 7.93. The second-order valence-electron chi connectivity index (χ2n) is 2.20. The van der Waals surface area contributed by atoms with Crippen molar-refractivity contribution in [1.29, 1.82) is 11.1 Å². The molecular formula is C6H16N8. The molecule has 1 saturated carbocycles. The summed E-state index contributed by atoms with van der Waals surface area (Å²) in [5, 5.41) is 11.1. The fourth-order valence-electron chi connectivity index (χ4n) is 0.317. The van der Waals surface area contributed by atoms with Crippen LogP contribution in [0.2, 0.25) is 0 Å². The summed E-state index contributed by atoms with van der Waals surface area (Å²) in [6, 6.07) is 0. The Balaban J connectivity index is 0. The van der Waals surface area contributed by atoms with E-state index in [0.29, 0.717) is 0 Å². The molecule has 1 aliphatic rings. The van der Waals surface area contributed by atoms with Crippen molar-refractivity contribution in [3.05, 3.63) is 0 Å². The van der Waals surface area contributed by atoms with Gasteiger partial charge < -0.3 is 11.7 Å². The van der Waals surface area contributed by atoms with Gasteiger partial charge in [-0.25, -0.2) is 11.1 Å². The fourth-order valence-corrected chi connectivity index (χ4v) is 0.317. The molecule has 0 saturated heterocycles. The number of nitrogens with zero attached hydrogens (tertiary/aromatic N) is 4. The highest BCUT2D eigenvalue weighted by Gasteiger charge is 1.95. The first-order valence-electron chi connectivity index (χ1n) is 4.00. The van der Waals surface area contributed by atoms with Crippen molar-refractivity contribution in [2.24, 2.45) is 32.1 Å². The average Bonchev–Trinajstić information content (AvgIpc) is 2.05. The molecule has 0 bridgehead atoms. The van der Waals surface area contributed by atoms with Gasteiger partial charge in [0.1, 0.15) is 0 Å². The van der Waals surface area contributed by atoms with Crippen molar-refractivity contribution in [2.75, 3.05) is 0 Å². The first-order chi connectivity index (χ1) is 6.83. The minimum Gasteiger partial charge on any atom is -0.322 e. The largest absolute Gasteiger partial charge is 0.322 e. The minimum absolute atomic E-state index is 0.944. The molecule has 0 spiro atoms. The molecule has 0 aliphatic heterocycles. The van der Waals surface area contributed by atoms with E-state index >= 15 is 0 Å². The summed E-state index contributed by atoms with van der Waals surface area (Å²) in [5.41, 5.74) is 12.0. The highest BCUT2D eigenvalue weighted by Crippen LogP contribution is 2.15. The van der Waals surface area contributed by atoms with E-state index in [-0.39, 0.29) is 0 Å². The second-order valence-corrected chi connectivity index (χ2v) is 2.20. The minimum atomic E-state index is 0.944. The smallest absolute Gasteiger partial charge is 0.156 e. The van der Waals surface area contributed by atoms with Crippen LogP contribution < -0.4 is 11.7 Å². The number of hydrazone groups is 2. The van der Waals surface area contributed by atoms with Crippen molar-refractivity contribution in [1.82, 2.24) is 0 Å². The van der Waals surface area contributed by atoms with Crippen LogP contribution in [-0.2, 0) is 0 Å². The van der Waals surface area contributed by atoms with E-state index in [1.54, 1.807) is 0 Å². The van der Waals surface area contributed by atoms with Gasteiger partial charge in [0.15, 0.2) is 12.7 Å². The Morgan fingerprint density at radius 3 is 1.07 bits per heavy atom. The van der Waals surface area contributed by atoms with Gasteiger partial charge in [-0.15, -0.1) is 10.2 Å². The van der Waals surface area contributed by atoms with E-state index in [1.165, 1.54) is 25.7 Å². The lowest BCUT2D eigenvalue weighted by Gasteiger charge is -2.05. The predicted octanol–water partition coefficient (Wildman–Crippen LogP) is 1.40. The molecule has 0 amide bonds. The summed E-state index contributed by atoms with van der Waals surface area (Å²) in [4.78, 5) is 0. The van der Waals surface area contributed by atoms with Crippen LogP contribution in [0.3, 0.4) is 0 Å². The van der Waals surface area contributed by atoms with Crippen LogP contribution in [0.25, 0.3) is 0 Å². The molecule has 0 radical (unpaired) electrons. The van der Waals surface area contributed by atoms with Gasteiger partial charge in [0.25, 0.3) is 0 Å². The second kappa shape index (κ2) is 17.3. The normalized spacial score (nSPS) is 13.1. The summed E-state index contributed by atoms with van der Waals surface area (Å²) < 4.78 is 0. The predicted molar refractivity (Wildman–Crippen MR) is 54.1 cm³/mol. The molecule has 6 N–H and O–H groups in total. The molecule has 0 aromatic carbocycles. The van der Waals surface area contributed by atoms with Crippen LogP contribution in [0, 0.1) is 11.1 Å². The van der Waals surface area contributed by atoms with Crippen LogP contribution in [0.4, 0.5) is 0 Å². The number of rotatable bonds is 2. The van der Waals surface area contributed by atoms with E-state index in [0.717, 1.165) is 12.7 Å². The SMILES string of the molecule is C1CCC1.N=NC=NN.N=NC=NN. The Hall–Kier alpha value is -1.86. The van der Waals surface area contributed by atoms with E-state index in [1.807, 2.05) is 0 Å². The summed E-state index contributed by atoms with van der Waals surface area (Å²) in [7, 11) is 0. The number of hydrogen-bond acceptors (Lipinski definition) is 6. The molecule has 0 heterocycles. The zero-order valence-electron chi connectivity index (χ0n) is 7.93. The van der Waals surface area contributed by atoms with Crippen molar-refractivity contribution in [3.63, 3.8) is 0 Å². The van der Waals surface area contributed by atoms with Gasteiger partial charge in [-0.2, -0.15) is 10.2 Å². The van der Waals surface area contributed by atoms with Crippen molar-refractivity contribution >= 4 is 12.7 Å². The first kappa shape index (κ1) is 14.7. The molecule has 14 heavy (non-hydrogen) atoms. The Kier molecular flexibility index (Phi) is 18.1. The van der Waals surface area contributed by atoms with Gasteiger partial charge in [-0.05, 0) is 0 Å². The number of hydrogen-bond donors (Lipinski definition) is 4. The molecule has 8 heteroatoms. The summed E-state index contributed by atoms with van der Waals surface area (Å²) in [6.07, 6.45) is 7.89. The zero-order chi connectivity index (χ0) is 11.1. The third-order valence-electron chi connectivity index (χ3n) is 1.25. The van der Waals surface area contributed by atoms with Crippen molar-refractivity contribution in [3.8, 4) is 0 Å². The number of nitrogens with two attached hydrogens (primary N) is 2. The molecule has 80 valence electrons. The summed E-state index contributed by atoms with van der Waals surface area (Å²) in [6.45, 7) is 0. The number of nitrogens with one attached hydrogen (secondary N) is 2. The first-order valence-corrected chi connectivity index (χ1v) is 4.00. The van der Waals surface area contributed by atoms with Crippen LogP contribution in [0.1, 0.15) is 25.7 Å². The maximum atomic E-state index is 6.00. The lowest BCUT2D eigenvalue weighted by atomic mass is 10.0. The molecule has 1 rings (SSSR count). The molecule has 0 aromatic heterocycles. The molecule has 0 aromatic rings. The highest BCUT2D eigenvalue weighted by molar-refractivity contribution is 5.53. The third-order valence-corrected chi connectivity index (χ3v) is 1.25. The molecule has 8 nitrogen and oxygen atoms in total. The molecular weight excluding hydrogens is 184 g/mol. The Morgan fingerprint density at radius 2 is 1.07 bits per heavy atom. The van der Waals surface area contributed by atoms with Crippen LogP contribution >= 0.6 is 0 Å². The van der Waals surface area contributed by atoms with Crippen molar-refractivity contribution in [2.45, 2.75) is 25.7 Å². The van der Waals surface area contributed by atoms with E-state index in [9.17, 15) is 0 Å². The van der Waals surface area contributed by atoms with Crippen molar-refractivity contribution < 1.29 is 0 Å².